The molecule has 1 aliphatic heterocycles. The first-order valence-corrected chi connectivity index (χ1v) is 6.66. The minimum atomic E-state index is -0.563. The molecule has 0 aromatic heterocycles. The lowest BCUT2D eigenvalue weighted by Gasteiger charge is -2.39. The Morgan fingerprint density at radius 2 is 1.88 bits per heavy atom. The van der Waals surface area contributed by atoms with Crippen LogP contribution in [0, 0.1) is 11.8 Å². The van der Waals surface area contributed by atoms with Crippen molar-refractivity contribution >= 4 is 11.8 Å². The van der Waals surface area contributed by atoms with E-state index in [1.807, 2.05) is 6.92 Å². The molecule has 2 rings (SSSR count). The molecule has 17 heavy (non-hydrogen) atoms. The van der Waals surface area contributed by atoms with Crippen LogP contribution in [0.25, 0.3) is 0 Å². The molecule has 4 heteroatoms. The molecule has 4 nitrogen and oxygen atoms in total. The van der Waals surface area contributed by atoms with Crippen LogP contribution in [0.15, 0.2) is 0 Å². The summed E-state index contributed by atoms with van der Waals surface area (Å²) in [5.74, 6) is -0.0530. The lowest BCUT2D eigenvalue weighted by atomic mass is 9.77. The van der Waals surface area contributed by atoms with Gasteiger partial charge in [-0.05, 0) is 25.7 Å². The largest absolute Gasteiger partial charge is 0.391 e. The number of carbonyl (C=O) groups excluding carboxylic acids is 2. The van der Waals surface area contributed by atoms with Crippen molar-refractivity contribution in [3.8, 4) is 0 Å². The summed E-state index contributed by atoms with van der Waals surface area (Å²) in [7, 11) is 0. The highest BCUT2D eigenvalue weighted by molar-refractivity contribution is 6.00. The van der Waals surface area contributed by atoms with Crippen molar-refractivity contribution in [1.29, 1.82) is 0 Å². The van der Waals surface area contributed by atoms with E-state index in [1.165, 1.54) is 4.90 Å². The number of piperidine rings is 1. The molecule has 0 radical (unpaired) electrons. The molecule has 1 saturated heterocycles. The SMILES string of the molecule is CCCC(O)CN1C(=O)C2CCCC(C2)C1=O. The molecule has 1 N–H and O–H groups in total. The molecule has 3 atom stereocenters. The number of imide groups is 1. The second-order valence-electron chi connectivity index (χ2n) is 5.29. The fourth-order valence-corrected chi connectivity index (χ4v) is 3.00. The first-order valence-electron chi connectivity index (χ1n) is 6.66. The Kier molecular flexibility index (Phi) is 3.82. The van der Waals surface area contributed by atoms with Crippen molar-refractivity contribution in [3.05, 3.63) is 0 Å². The summed E-state index contributed by atoms with van der Waals surface area (Å²) >= 11 is 0. The van der Waals surface area contributed by atoms with Crippen LogP contribution in [0.2, 0.25) is 0 Å². The molecule has 0 aromatic rings. The molecule has 1 saturated carbocycles. The fourth-order valence-electron chi connectivity index (χ4n) is 3.00. The van der Waals surface area contributed by atoms with Crippen LogP contribution in [-0.4, -0.2) is 34.5 Å². The van der Waals surface area contributed by atoms with E-state index >= 15 is 0 Å². The maximum absolute atomic E-state index is 12.1. The number of β-amino-alcohol motifs (C(OH)–C–C–N with tert-alkyl or cyclic N) is 1. The predicted octanol–water partition coefficient (Wildman–Crippen LogP) is 1.32. The zero-order valence-electron chi connectivity index (χ0n) is 10.4. The van der Waals surface area contributed by atoms with Crippen LogP contribution < -0.4 is 0 Å². The Morgan fingerprint density at radius 1 is 1.29 bits per heavy atom. The molecule has 2 aliphatic rings. The highest BCUT2D eigenvalue weighted by atomic mass is 16.3. The number of fused-ring (bicyclic) bond motifs is 2. The first-order chi connectivity index (χ1) is 8.13. The second-order valence-corrected chi connectivity index (χ2v) is 5.29. The second kappa shape index (κ2) is 5.17. The molecule has 1 heterocycles. The summed E-state index contributed by atoms with van der Waals surface area (Å²) in [5.41, 5.74) is 0. The topological polar surface area (TPSA) is 57.6 Å². The number of likely N-dealkylation sites (tertiary alicyclic amines) is 1. The van der Waals surface area contributed by atoms with Crippen LogP contribution >= 0.6 is 0 Å². The third-order valence-corrected chi connectivity index (χ3v) is 3.92. The van der Waals surface area contributed by atoms with Crippen molar-refractivity contribution < 1.29 is 14.7 Å². The van der Waals surface area contributed by atoms with Crippen molar-refractivity contribution in [1.82, 2.24) is 4.90 Å². The first kappa shape index (κ1) is 12.6. The van der Waals surface area contributed by atoms with E-state index in [-0.39, 0.29) is 30.2 Å². The van der Waals surface area contributed by atoms with E-state index < -0.39 is 6.10 Å². The van der Waals surface area contributed by atoms with Crippen LogP contribution in [0.4, 0.5) is 0 Å². The van der Waals surface area contributed by atoms with Gasteiger partial charge in [-0.3, -0.25) is 14.5 Å². The summed E-state index contributed by atoms with van der Waals surface area (Å²) in [4.78, 5) is 25.5. The van der Waals surface area contributed by atoms with E-state index in [2.05, 4.69) is 0 Å². The zero-order valence-corrected chi connectivity index (χ0v) is 10.4. The molecule has 96 valence electrons. The molecule has 0 aromatic carbocycles. The van der Waals surface area contributed by atoms with Gasteiger partial charge in [0.1, 0.15) is 0 Å². The Balaban J connectivity index is 2.04. The molecule has 2 amide bonds. The highest BCUT2D eigenvalue weighted by Crippen LogP contribution is 2.36. The number of hydrogen-bond acceptors (Lipinski definition) is 3. The predicted molar refractivity (Wildman–Crippen MR) is 63.1 cm³/mol. The lowest BCUT2D eigenvalue weighted by Crippen LogP contribution is -2.53. The van der Waals surface area contributed by atoms with Crippen molar-refractivity contribution in [3.63, 3.8) is 0 Å². The van der Waals surface area contributed by atoms with Crippen LogP contribution in [0.5, 0.6) is 0 Å². The summed E-state index contributed by atoms with van der Waals surface area (Å²) in [5, 5.41) is 9.75. The van der Waals surface area contributed by atoms with E-state index in [4.69, 9.17) is 0 Å². The Morgan fingerprint density at radius 3 is 2.41 bits per heavy atom. The van der Waals surface area contributed by atoms with Gasteiger partial charge in [0.15, 0.2) is 0 Å². The number of aliphatic hydroxyl groups is 1. The van der Waals surface area contributed by atoms with Crippen LogP contribution in [0.3, 0.4) is 0 Å². The lowest BCUT2D eigenvalue weighted by molar-refractivity contribution is -0.159. The molecule has 2 fully saturated rings. The van der Waals surface area contributed by atoms with E-state index in [0.717, 1.165) is 32.1 Å². The fraction of sp³-hybridized carbons (Fsp3) is 0.846. The van der Waals surface area contributed by atoms with Gasteiger partial charge in [-0.25, -0.2) is 0 Å². The quantitative estimate of drug-likeness (QED) is 0.753. The molecular weight excluding hydrogens is 218 g/mol. The maximum atomic E-state index is 12.1. The summed E-state index contributed by atoms with van der Waals surface area (Å²) in [6.45, 7) is 2.18. The van der Waals surface area contributed by atoms with Gasteiger partial charge in [-0.2, -0.15) is 0 Å². The highest BCUT2D eigenvalue weighted by Gasteiger charge is 2.43. The minimum absolute atomic E-state index is 0.0280. The number of carbonyl (C=O) groups is 2. The van der Waals surface area contributed by atoms with Gasteiger partial charge >= 0.3 is 0 Å². The third-order valence-electron chi connectivity index (χ3n) is 3.92. The number of hydrogen-bond donors (Lipinski definition) is 1. The van der Waals surface area contributed by atoms with Gasteiger partial charge in [0.05, 0.1) is 12.6 Å². The molecule has 2 bridgehead atoms. The molecular formula is C13H21NO3. The molecule has 1 aliphatic carbocycles. The van der Waals surface area contributed by atoms with Crippen molar-refractivity contribution in [2.45, 2.75) is 51.6 Å². The normalized spacial score (nSPS) is 30.6. The average molecular weight is 239 g/mol. The number of rotatable bonds is 4. The zero-order chi connectivity index (χ0) is 12.4. The maximum Gasteiger partial charge on any atom is 0.232 e. The molecule has 3 unspecified atom stereocenters. The third kappa shape index (κ3) is 2.51. The van der Waals surface area contributed by atoms with Crippen LogP contribution in [-0.2, 0) is 9.59 Å². The van der Waals surface area contributed by atoms with Gasteiger partial charge in [0.2, 0.25) is 11.8 Å². The van der Waals surface area contributed by atoms with Crippen molar-refractivity contribution in [2.24, 2.45) is 11.8 Å². The van der Waals surface area contributed by atoms with E-state index in [1.54, 1.807) is 0 Å². The van der Waals surface area contributed by atoms with Gasteiger partial charge in [-0.1, -0.05) is 19.8 Å². The Hall–Kier alpha value is -0.900. The van der Waals surface area contributed by atoms with Gasteiger partial charge < -0.3 is 5.11 Å². The average Bonchev–Trinajstić information content (AvgIpc) is 2.33. The Bertz CT molecular complexity index is 294. The minimum Gasteiger partial charge on any atom is -0.391 e. The standard InChI is InChI=1S/C13H21NO3/c1-2-4-11(15)8-14-12(16)9-5-3-6-10(7-9)13(14)17/h9-11,15H,2-8H2,1H3. The van der Waals surface area contributed by atoms with E-state index in [0.29, 0.717) is 6.42 Å². The Labute approximate surface area is 102 Å². The van der Waals surface area contributed by atoms with E-state index in [9.17, 15) is 14.7 Å². The smallest absolute Gasteiger partial charge is 0.232 e. The number of aliphatic hydroxyl groups excluding tert-OH is 1. The summed E-state index contributed by atoms with van der Waals surface area (Å²) in [6, 6.07) is 0. The van der Waals surface area contributed by atoms with Gasteiger partial charge in [0, 0.05) is 11.8 Å². The number of amides is 2. The van der Waals surface area contributed by atoms with Gasteiger partial charge in [-0.15, -0.1) is 0 Å². The molecule has 0 spiro atoms. The number of nitrogens with zero attached hydrogens (tertiary/aromatic N) is 1. The summed E-state index contributed by atoms with van der Waals surface area (Å²) in [6.07, 6.45) is 4.48. The van der Waals surface area contributed by atoms with Gasteiger partial charge in [0.25, 0.3) is 0 Å². The summed E-state index contributed by atoms with van der Waals surface area (Å²) < 4.78 is 0. The van der Waals surface area contributed by atoms with Crippen LogP contribution in [0.1, 0.15) is 45.4 Å². The van der Waals surface area contributed by atoms with Crippen molar-refractivity contribution in [2.75, 3.05) is 6.54 Å². The monoisotopic (exact) mass is 239 g/mol.